The number of hydrogen-bond acceptors (Lipinski definition) is 6. The Kier molecular flexibility index (Phi) is 7.55. The van der Waals surface area contributed by atoms with Crippen LogP contribution < -0.4 is 18.9 Å². The fourth-order valence-corrected chi connectivity index (χ4v) is 5.60. The second kappa shape index (κ2) is 10.6. The first-order valence-corrected chi connectivity index (χ1v) is 12.1. The highest BCUT2D eigenvalue weighted by Crippen LogP contribution is 2.51. The number of piperidine rings is 1. The first-order valence-electron chi connectivity index (χ1n) is 12.1. The van der Waals surface area contributed by atoms with Gasteiger partial charge in [0.25, 0.3) is 0 Å². The molecule has 1 heterocycles. The van der Waals surface area contributed by atoms with Gasteiger partial charge in [-0.15, -0.1) is 0 Å². The number of fused-ring (bicyclic) bond motifs is 1. The Morgan fingerprint density at radius 3 is 2.43 bits per heavy atom. The van der Waals surface area contributed by atoms with Gasteiger partial charge in [-0.2, -0.15) is 0 Å². The molecular weight excluding hydrogens is 446 g/mol. The van der Waals surface area contributed by atoms with Crippen molar-refractivity contribution in [3.63, 3.8) is 0 Å². The average molecular weight is 482 g/mol. The van der Waals surface area contributed by atoms with E-state index in [-0.39, 0.29) is 17.9 Å². The number of benzene rings is 2. The van der Waals surface area contributed by atoms with Crippen LogP contribution in [0.25, 0.3) is 6.08 Å². The molecule has 1 aliphatic carbocycles. The van der Waals surface area contributed by atoms with E-state index in [1.165, 1.54) is 0 Å². The third-order valence-electron chi connectivity index (χ3n) is 7.44. The minimum absolute atomic E-state index is 0.0641. The standard InChI is InChI=1S/C28H35NO6/c1-32-20-10-11-21(24(18-20)34-3)27-22-7-5-6-14-28(22,31)15-16-29(27)26(30)13-9-19-8-12-23(33-2)25(17-19)35-4/h8-13,17-18,22,27,31H,5-7,14-16H2,1-4H3/b13-9+. The van der Waals surface area contributed by atoms with E-state index in [9.17, 15) is 9.90 Å². The summed E-state index contributed by atoms with van der Waals surface area (Å²) in [7, 11) is 6.41. The maximum Gasteiger partial charge on any atom is 0.247 e. The van der Waals surface area contributed by atoms with Crippen molar-refractivity contribution in [1.82, 2.24) is 4.90 Å². The van der Waals surface area contributed by atoms with E-state index < -0.39 is 5.60 Å². The van der Waals surface area contributed by atoms with Gasteiger partial charge in [-0.25, -0.2) is 0 Å². The molecule has 1 saturated heterocycles. The van der Waals surface area contributed by atoms with E-state index in [1.807, 2.05) is 41.3 Å². The summed E-state index contributed by atoms with van der Waals surface area (Å²) in [5.41, 5.74) is 0.949. The fourth-order valence-electron chi connectivity index (χ4n) is 5.60. The summed E-state index contributed by atoms with van der Waals surface area (Å²) in [6.45, 7) is 0.474. The number of aliphatic hydroxyl groups is 1. The second-order valence-corrected chi connectivity index (χ2v) is 9.24. The predicted octanol–water partition coefficient (Wildman–Crippen LogP) is 4.63. The minimum Gasteiger partial charge on any atom is -0.497 e. The third kappa shape index (κ3) is 4.96. The zero-order valence-electron chi connectivity index (χ0n) is 21.0. The molecule has 0 aromatic heterocycles. The van der Waals surface area contributed by atoms with Gasteiger partial charge in [0.05, 0.1) is 40.1 Å². The minimum atomic E-state index is -0.780. The van der Waals surface area contributed by atoms with E-state index in [0.717, 1.165) is 36.8 Å². The van der Waals surface area contributed by atoms with E-state index in [2.05, 4.69) is 0 Å². The Morgan fingerprint density at radius 2 is 1.71 bits per heavy atom. The Hall–Kier alpha value is -3.19. The summed E-state index contributed by atoms with van der Waals surface area (Å²) in [5, 5.41) is 11.6. The van der Waals surface area contributed by atoms with Gasteiger partial charge in [0.2, 0.25) is 5.91 Å². The van der Waals surface area contributed by atoms with Crippen molar-refractivity contribution >= 4 is 12.0 Å². The van der Waals surface area contributed by atoms with Gasteiger partial charge >= 0.3 is 0 Å². The van der Waals surface area contributed by atoms with Gasteiger partial charge in [0, 0.05) is 30.2 Å². The number of carbonyl (C=O) groups is 1. The van der Waals surface area contributed by atoms with Crippen LogP contribution in [0.4, 0.5) is 0 Å². The number of likely N-dealkylation sites (tertiary alicyclic amines) is 1. The third-order valence-corrected chi connectivity index (χ3v) is 7.44. The molecule has 0 spiro atoms. The fraction of sp³-hybridized carbons (Fsp3) is 0.464. The first kappa shape index (κ1) is 24.9. The van der Waals surface area contributed by atoms with Crippen molar-refractivity contribution < 1.29 is 28.8 Å². The number of amides is 1. The number of nitrogens with zero attached hydrogens (tertiary/aromatic N) is 1. The van der Waals surface area contributed by atoms with E-state index in [0.29, 0.717) is 36.0 Å². The first-order chi connectivity index (χ1) is 16.9. The monoisotopic (exact) mass is 481 g/mol. The van der Waals surface area contributed by atoms with Crippen molar-refractivity contribution in [3.8, 4) is 23.0 Å². The van der Waals surface area contributed by atoms with E-state index in [4.69, 9.17) is 18.9 Å². The summed E-state index contributed by atoms with van der Waals surface area (Å²) in [6, 6.07) is 10.9. The number of hydrogen-bond donors (Lipinski definition) is 1. The second-order valence-electron chi connectivity index (χ2n) is 9.24. The zero-order valence-corrected chi connectivity index (χ0v) is 21.0. The number of carbonyl (C=O) groups excluding carboxylic acids is 1. The number of ether oxygens (including phenoxy) is 4. The average Bonchev–Trinajstić information content (AvgIpc) is 2.90. The summed E-state index contributed by atoms with van der Waals surface area (Å²) >= 11 is 0. The molecule has 3 atom stereocenters. The molecule has 7 nitrogen and oxygen atoms in total. The molecule has 2 aromatic rings. The Bertz CT molecular complexity index is 1080. The lowest BCUT2D eigenvalue weighted by atomic mass is 9.66. The topological polar surface area (TPSA) is 77.5 Å². The van der Waals surface area contributed by atoms with Crippen molar-refractivity contribution in [2.24, 2.45) is 5.92 Å². The molecule has 2 aliphatic rings. The van der Waals surface area contributed by atoms with Crippen LogP contribution in [0.1, 0.15) is 49.3 Å². The zero-order chi connectivity index (χ0) is 25.0. The van der Waals surface area contributed by atoms with Crippen LogP contribution in [0, 0.1) is 5.92 Å². The maximum atomic E-state index is 13.6. The van der Waals surface area contributed by atoms with Crippen LogP contribution in [0.2, 0.25) is 0 Å². The largest absolute Gasteiger partial charge is 0.497 e. The normalized spacial score (nSPS) is 24.1. The van der Waals surface area contributed by atoms with Gasteiger partial charge in [0.1, 0.15) is 11.5 Å². The summed E-state index contributed by atoms with van der Waals surface area (Å²) in [5.74, 6) is 2.42. The van der Waals surface area contributed by atoms with Crippen molar-refractivity contribution in [1.29, 1.82) is 0 Å². The van der Waals surface area contributed by atoms with Crippen LogP contribution in [0.15, 0.2) is 42.5 Å². The highest BCUT2D eigenvalue weighted by molar-refractivity contribution is 5.92. The molecule has 7 heteroatoms. The SMILES string of the molecule is COc1ccc(C2C3CCCCC3(O)CCN2C(=O)/C=C/c2ccc(OC)c(OC)c2)c(OC)c1. The highest BCUT2D eigenvalue weighted by atomic mass is 16.5. The highest BCUT2D eigenvalue weighted by Gasteiger charge is 2.50. The number of methoxy groups -OCH3 is 4. The summed E-state index contributed by atoms with van der Waals surface area (Å²) in [6.07, 6.45) is 7.61. The summed E-state index contributed by atoms with van der Waals surface area (Å²) < 4.78 is 21.8. The van der Waals surface area contributed by atoms with Gasteiger partial charge in [-0.05, 0) is 55.2 Å². The lowest BCUT2D eigenvalue weighted by Gasteiger charge is -2.52. The summed E-state index contributed by atoms with van der Waals surface area (Å²) in [4.78, 5) is 15.5. The Morgan fingerprint density at radius 1 is 0.943 bits per heavy atom. The number of rotatable bonds is 7. The van der Waals surface area contributed by atoms with Crippen LogP contribution in [0.5, 0.6) is 23.0 Å². The van der Waals surface area contributed by atoms with E-state index >= 15 is 0 Å². The van der Waals surface area contributed by atoms with E-state index in [1.54, 1.807) is 40.6 Å². The maximum absolute atomic E-state index is 13.6. The van der Waals surface area contributed by atoms with Crippen LogP contribution in [0.3, 0.4) is 0 Å². The molecule has 0 bridgehead atoms. The smallest absolute Gasteiger partial charge is 0.247 e. The molecular formula is C28H35NO6. The van der Waals surface area contributed by atoms with Gasteiger partial charge in [-0.3, -0.25) is 4.79 Å². The Balaban J connectivity index is 1.68. The Labute approximate surface area is 207 Å². The molecule has 1 N–H and O–H groups in total. The molecule has 1 amide bonds. The van der Waals surface area contributed by atoms with Crippen LogP contribution in [-0.2, 0) is 4.79 Å². The quantitative estimate of drug-likeness (QED) is 0.581. The van der Waals surface area contributed by atoms with Gasteiger partial charge in [-0.1, -0.05) is 18.9 Å². The van der Waals surface area contributed by atoms with Gasteiger partial charge < -0.3 is 29.0 Å². The predicted molar refractivity (Wildman–Crippen MR) is 134 cm³/mol. The molecule has 1 aliphatic heterocycles. The van der Waals surface area contributed by atoms with Crippen molar-refractivity contribution in [2.45, 2.75) is 43.7 Å². The molecule has 4 rings (SSSR count). The molecule has 188 valence electrons. The lowest BCUT2D eigenvalue weighted by Crippen LogP contribution is -2.56. The van der Waals surface area contributed by atoms with Crippen LogP contribution in [-0.4, -0.2) is 56.5 Å². The van der Waals surface area contributed by atoms with Gasteiger partial charge in [0.15, 0.2) is 11.5 Å². The molecule has 0 radical (unpaired) electrons. The van der Waals surface area contributed by atoms with Crippen LogP contribution >= 0.6 is 0 Å². The molecule has 3 unspecified atom stereocenters. The molecule has 1 saturated carbocycles. The van der Waals surface area contributed by atoms with Crippen molar-refractivity contribution in [3.05, 3.63) is 53.6 Å². The molecule has 2 fully saturated rings. The molecule has 2 aromatic carbocycles. The molecule has 35 heavy (non-hydrogen) atoms. The lowest BCUT2D eigenvalue weighted by molar-refractivity contribution is -0.151. The van der Waals surface area contributed by atoms with Crippen molar-refractivity contribution in [2.75, 3.05) is 35.0 Å².